The number of hydrogen-bond acceptors (Lipinski definition) is 4. The number of carboxylic acid groups (broad SMARTS) is 2. The molecule has 1 radical (unpaired) electrons. The van der Waals surface area contributed by atoms with Crippen LogP contribution >= 0.6 is 0 Å². The predicted molar refractivity (Wildman–Crippen MR) is 41.7 cm³/mol. The molecule has 0 amide bonds. The maximum Gasteiger partial charge on any atom is 0.335 e. The zero-order valence-corrected chi connectivity index (χ0v) is 8.00. The van der Waals surface area contributed by atoms with E-state index in [-0.39, 0.29) is 39.0 Å². The van der Waals surface area contributed by atoms with E-state index in [1.165, 1.54) is 0 Å². The summed E-state index contributed by atoms with van der Waals surface area (Å²) in [7, 11) is 0. The van der Waals surface area contributed by atoms with Crippen molar-refractivity contribution in [2.75, 3.05) is 0 Å². The van der Waals surface area contributed by atoms with Crippen LogP contribution in [0.15, 0.2) is 0 Å². The minimum atomic E-state index is -2.27. The van der Waals surface area contributed by atoms with Gasteiger partial charge in [0, 0.05) is 17.1 Å². The van der Waals surface area contributed by atoms with Crippen LogP contribution < -0.4 is 0 Å². The van der Waals surface area contributed by atoms with Crippen molar-refractivity contribution in [1.29, 1.82) is 0 Å². The number of aliphatic hydroxyl groups excluding tert-OH is 2. The predicted octanol–water partition coefficient (Wildman–Crippen LogP) is -5.42. The first-order valence-electron chi connectivity index (χ1n) is 2.28. The van der Waals surface area contributed by atoms with E-state index in [0.29, 0.717) is 0 Å². The van der Waals surface area contributed by atoms with Gasteiger partial charge in [-0.1, -0.05) is 0 Å². The fourth-order valence-corrected chi connectivity index (χ4v) is 0.270. The molecule has 0 bridgehead atoms. The van der Waals surface area contributed by atoms with Gasteiger partial charge in [0.25, 0.3) is 0 Å². The fraction of sp³-hybridized carbons (Fsp3) is 0.500. The summed E-state index contributed by atoms with van der Waals surface area (Å²) in [6, 6.07) is 0. The van der Waals surface area contributed by atoms with Crippen molar-refractivity contribution in [3.8, 4) is 0 Å². The van der Waals surface area contributed by atoms with Crippen LogP contribution in [0, 0.1) is 0 Å². The monoisotopic (exact) mass is 285 g/mol. The number of rotatable bonds is 3. The molecule has 0 spiro atoms. The Labute approximate surface area is 93.9 Å². The van der Waals surface area contributed by atoms with E-state index < -0.39 is 24.1 Å². The number of carboxylic acids is 2. The van der Waals surface area contributed by atoms with Crippen molar-refractivity contribution in [3.05, 3.63) is 0 Å². The number of aliphatic carboxylic acids is 2. The van der Waals surface area contributed by atoms with E-state index in [2.05, 4.69) is 0 Å². The molecule has 15 heavy (non-hydrogen) atoms. The molecule has 0 aliphatic heterocycles. The minimum absolute atomic E-state index is 0. The Morgan fingerprint density at radius 2 is 0.867 bits per heavy atom. The first-order valence-corrected chi connectivity index (χ1v) is 2.28. The molecule has 11 heteroatoms. The third kappa shape index (κ3) is 13.2. The average molecular weight is 286 g/mol. The molecule has 0 aliphatic carbocycles. The summed E-state index contributed by atoms with van der Waals surface area (Å²) < 4.78 is 0. The summed E-state index contributed by atoms with van der Waals surface area (Å²) in [5.74, 6) is -3.54. The Kier molecular flexibility index (Phi) is 38.5. The Morgan fingerprint density at radius 3 is 0.933 bits per heavy atom. The summed E-state index contributed by atoms with van der Waals surface area (Å²) in [6.45, 7) is 0. The summed E-state index contributed by atoms with van der Waals surface area (Å²) in [5, 5.41) is 32.5. The Bertz CT molecular complexity index is 142. The summed E-state index contributed by atoms with van der Waals surface area (Å²) in [5.41, 5.74) is 0. The van der Waals surface area contributed by atoms with Gasteiger partial charge in [-0.05, 0) is 0 Å². The van der Waals surface area contributed by atoms with Crippen molar-refractivity contribution < 1.29 is 69.0 Å². The van der Waals surface area contributed by atoms with E-state index in [4.69, 9.17) is 20.4 Å². The average Bonchev–Trinajstić information content (AvgIpc) is 1.84. The van der Waals surface area contributed by atoms with Gasteiger partial charge in [0.2, 0.25) is 0 Å². The second-order valence-corrected chi connectivity index (χ2v) is 1.57. The molecular weight excluding hydrogens is 272 g/mol. The van der Waals surface area contributed by atoms with Crippen LogP contribution in [-0.2, 0) is 26.7 Å². The smallest absolute Gasteiger partial charge is 0.335 e. The van der Waals surface area contributed by atoms with Crippen LogP contribution in [-0.4, -0.2) is 66.5 Å². The quantitative estimate of drug-likeness (QED) is 0.368. The van der Waals surface area contributed by atoms with Gasteiger partial charge in [-0.3, -0.25) is 0 Å². The topological polar surface area (TPSA) is 241 Å². The van der Waals surface area contributed by atoms with Crippen LogP contribution in [0.1, 0.15) is 0 Å². The molecule has 0 saturated carbocycles. The molecule has 2 unspecified atom stereocenters. The second-order valence-electron chi connectivity index (χ2n) is 1.57. The van der Waals surface area contributed by atoms with Crippen LogP contribution in [0.25, 0.3) is 0 Å². The Balaban J connectivity index is -0.0000000405. The number of hydrogen-bond donors (Lipinski definition) is 4. The number of carbonyl (C=O) groups is 2. The van der Waals surface area contributed by atoms with Gasteiger partial charge in [-0.15, -0.1) is 0 Å². The second kappa shape index (κ2) is 15.7. The van der Waals surface area contributed by atoms with E-state index in [1.54, 1.807) is 0 Å². The van der Waals surface area contributed by atoms with Crippen molar-refractivity contribution in [1.82, 2.24) is 0 Å². The van der Waals surface area contributed by atoms with Crippen molar-refractivity contribution in [2.45, 2.75) is 12.2 Å². The van der Waals surface area contributed by atoms with E-state index in [9.17, 15) is 9.59 Å². The SMILES string of the molecule is O.O.O.O.O=C(O)C(O)C(O)C(=O)O.[Cu]. The first-order chi connectivity index (χ1) is 4.46. The van der Waals surface area contributed by atoms with Crippen molar-refractivity contribution >= 4 is 11.9 Å². The van der Waals surface area contributed by atoms with Crippen LogP contribution in [0.5, 0.6) is 0 Å². The third-order valence-corrected chi connectivity index (χ3v) is 0.805. The van der Waals surface area contributed by atoms with Gasteiger partial charge < -0.3 is 42.3 Å². The van der Waals surface area contributed by atoms with Gasteiger partial charge in [-0.25, -0.2) is 9.59 Å². The summed E-state index contributed by atoms with van der Waals surface area (Å²) in [4.78, 5) is 19.5. The normalized spacial score (nSPS) is 10.5. The summed E-state index contributed by atoms with van der Waals surface area (Å²) >= 11 is 0. The zero-order chi connectivity index (χ0) is 8.31. The molecule has 0 saturated heterocycles. The van der Waals surface area contributed by atoms with E-state index in [0.717, 1.165) is 0 Å². The van der Waals surface area contributed by atoms with Crippen molar-refractivity contribution in [3.63, 3.8) is 0 Å². The molecular formula is C4H14CuO10. The first kappa shape index (κ1) is 36.8. The third-order valence-electron chi connectivity index (χ3n) is 0.805. The van der Waals surface area contributed by atoms with Crippen LogP contribution in [0.3, 0.4) is 0 Å². The van der Waals surface area contributed by atoms with Crippen LogP contribution in [0.4, 0.5) is 0 Å². The number of aliphatic hydroxyl groups is 2. The maximum atomic E-state index is 9.77. The standard InChI is InChI=1S/C4H6O6.Cu.4H2O/c5-1(3(7)8)2(6)4(9)10;;;;;/h1-2,5-6H,(H,7,8)(H,9,10);;4*1H2. The Morgan fingerprint density at radius 1 is 0.733 bits per heavy atom. The molecule has 12 N–H and O–H groups in total. The molecule has 101 valence electrons. The molecule has 0 rings (SSSR count). The fourth-order valence-electron chi connectivity index (χ4n) is 0.270. The van der Waals surface area contributed by atoms with Crippen molar-refractivity contribution in [2.24, 2.45) is 0 Å². The zero-order valence-electron chi connectivity index (χ0n) is 7.06. The van der Waals surface area contributed by atoms with E-state index in [1.807, 2.05) is 0 Å². The van der Waals surface area contributed by atoms with Gasteiger partial charge in [0.15, 0.2) is 12.2 Å². The van der Waals surface area contributed by atoms with Gasteiger partial charge >= 0.3 is 11.9 Å². The van der Waals surface area contributed by atoms with E-state index >= 15 is 0 Å². The van der Waals surface area contributed by atoms with Gasteiger partial charge in [-0.2, -0.15) is 0 Å². The molecule has 2 atom stereocenters. The largest absolute Gasteiger partial charge is 0.479 e. The molecule has 0 fully saturated rings. The van der Waals surface area contributed by atoms with Crippen LogP contribution in [0.2, 0.25) is 0 Å². The maximum absolute atomic E-state index is 9.77. The molecule has 0 aromatic carbocycles. The molecule has 10 nitrogen and oxygen atoms in total. The van der Waals surface area contributed by atoms with Gasteiger partial charge in [0.05, 0.1) is 0 Å². The summed E-state index contributed by atoms with van der Waals surface area (Å²) in [6.07, 6.45) is -4.53. The molecule has 0 aliphatic rings. The Hall–Kier alpha value is -0.781. The van der Waals surface area contributed by atoms with Gasteiger partial charge in [0.1, 0.15) is 0 Å². The minimum Gasteiger partial charge on any atom is -0.479 e. The molecule has 0 aromatic rings. The molecule has 0 aromatic heterocycles. The molecule has 0 heterocycles.